The summed E-state index contributed by atoms with van der Waals surface area (Å²) in [5.41, 5.74) is 1.09. The highest BCUT2D eigenvalue weighted by molar-refractivity contribution is 7.80. The highest BCUT2D eigenvalue weighted by Gasteiger charge is 2.20. The maximum absolute atomic E-state index is 5.30. The molecule has 0 aliphatic heterocycles. The van der Waals surface area contributed by atoms with Crippen molar-refractivity contribution in [2.24, 2.45) is 5.41 Å². The van der Waals surface area contributed by atoms with Gasteiger partial charge < -0.3 is 15.4 Å². The number of nitrogens with one attached hydrogen (secondary N) is 2. The van der Waals surface area contributed by atoms with E-state index in [9.17, 15) is 0 Å². The second kappa shape index (κ2) is 6.05. The Morgan fingerprint density at radius 1 is 1.33 bits per heavy atom. The van der Waals surface area contributed by atoms with Gasteiger partial charge in [0.25, 0.3) is 0 Å². The van der Waals surface area contributed by atoms with Crippen LogP contribution in [0.3, 0.4) is 0 Å². The smallest absolute Gasteiger partial charge is 0.171 e. The third kappa shape index (κ3) is 4.53. The number of hydrogen-bond donors (Lipinski definition) is 2. The Morgan fingerprint density at radius 2 is 2.00 bits per heavy atom. The van der Waals surface area contributed by atoms with Crippen LogP contribution in [-0.4, -0.2) is 18.3 Å². The van der Waals surface area contributed by atoms with Crippen molar-refractivity contribution in [3.05, 3.63) is 24.3 Å². The average Bonchev–Trinajstić information content (AvgIpc) is 2.27. The lowest BCUT2D eigenvalue weighted by Crippen LogP contribution is -2.43. The fraction of sp³-hybridized carbons (Fsp3) is 0.500. The second-order valence-corrected chi connectivity index (χ2v) is 5.83. The molecule has 0 spiro atoms. The first-order valence-electron chi connectivity index (χ1n) is 6.04. The molecule has 0 radical (unpaired) electrons. The fourth-order valence-corrected chi connectivity index (χ4v) is 1.58. The Bertz CT molecular complexity index is 413. The predicted octanol–water partition coefficient (Wildman–Crippen LogP) is 3.42. The molecule has 0 aromatic heterocycles. The number of thiocarbonyl (C=S) groups is 1. The highest BCUT2D eigenvalue weighted by Crippen LogP contribution is 2.19. The van der Waals surface area contributed by atoms with Gasteiger partial charge in [0, 0.05) is 17.8 Å². The van der Waals surface area contributed by atoms with Gasteiger partial charge in [0.05, 0.1) is 7.11 Å². The van der Waals surface area contributed by atoms with Gasteiger partial charge in [0.1, 0.15) is 5.75 Å². The van der Waals surface area contributed by atoms with Gasteiger partial charge >= 0.3 is 0 Å². The van der Waals surface area contributed by atoms with Gasteiger partial charge in [-0.25, -0.2) is 0 Å². The van der Waals surface area contributed by atoms with E-state index in [4.69, 9.17) is 17.0 Å². The number of ether oxygens (including phenoxy) is 1. The molecule has 4 heteroatoms. The van der Waals surface area contributed by atoms with E-state index < -0.39 is 0 Å². The molecule has 0 amide bonds. The Balaban J connectivity index is 2.59. The van der Waals surface area contributed by atoms with Crippen LogP contribution in [0.15, 0.2) is 24.3 Å². The van der Waals surface area contributed by atoms with E-state index in [-0.39, 0.29) is 5.41 Å². The Labute approximate surface area is 115 Å². The number of anilines is 1. The van der Waals surface area contributed by atoms with E-state index in [2.05, 4.69) is 38.3 Å². The normalized spacial score (nSPS) is 12.7. The first-order valence-corrected chi connectivity index (χ1v) is 6.45. The molecule has 1 aromatic carbocycles. The summed E-state index contributed by atoms with van der Waals surface area (Å²) in [4.78, 5) is 0. The molecule has 0 heterocycles. The molecule has 1 unspecified atom stereocenters. The molecule has 18 heavy (non-hydrogen) atoms. The van der Waals surface area contributed by atoms with Crippen LogP contribution in [-0.2, 0) is 0 Å². The zero-order chi connectivity index (χ0) is 13.8. The average molecular weight is 266 g/mol. The number of methoxy groups -OCH3 is 1. The van der Waals surface area contributed by atoms with E-state index in [0.29, 0.717) is 11.2 Å². The lowest BCUT2D eigenvalue weighted by atomic mass is 9.88. The molecular weight excluding hydrogens is 244 g/mol. The van der Waals surface area contributed by atoms with Gasteiger partial charge in [-0.15, -0.1) is 0 Å². The number of rotatable bonds is 3. The minimum Gasteiger partial charge on any atom is -0.497 e. The highest BCUT2D eigenvalue weighted by atomic mass is 32.1. The van der Waals surface area contributed by atoms with Gasteiger partial charge in [-0.05, 0) is 36.7 Å². The topological polar surface area (TPSA) is 33.3 Å². The molecule has 0 bridgehead atoms. The van der Waals surface area contributed by atoms with Crippen LogP contribution in [0.4, 0.5) is 5.69 Å². The maximum atomic E-state index is 5.30. The van der Waals surface area contributed by atoms with Gasteiger partial charge in [-0.2, -0.15) is 0 Å². The van der Waals surface area contributed by atoms with Crippen LogP contribution in [0.25, 0.3) is 0 Å². The summed E-state index contributed by atoms with van der Waals surface area (Å²) in [5, 5.41) is 7.08. The summed E-state index contributed by atoms with van der Waals surface area (Å²) in [6, 6.07) is 7.99. The Kier molecular flexibility index (Phi) is 4.96. The molecule has 1 atom stereocenters. The molecule has 100 valence electrons. The molecule has 0 saturated carbocycles. The molecular formula is C14H22N2OS. The summed E-state index contributed by atoms with van der Waals surface area (Å²) < 4.78 is 5.17. The molecule has 2 N–H and O–H groups in total. The summed E-state index contributed by atoms with van der Waals surface area (Å²) in [5.74, 6) is 0.812. The monoisotopic (exact) mass is 266 g/mol. The van der Waals surface area contributed by atoms with Gasteiger partial charge in [-0.3, -0.25) is 0 Å². The van der Waals surface area contributed by atoms with Crippen molar-refractivity contribution in [1.82, 2.24) is 5.32 Å². The van der Waals surface area contributed by atoms with Crippen LogP contribution in [0.1, 0.15) is 27.7 Å². The quantitative estimate of drug-likeness (QED) is 0.821. The van der Waals surface area contributed by atoms with Crippen molar-refractivity contribution in [3.63, 3.8) is 0 Å². The lowest BCUT2D eigenvalue weighted by molar-refractivity contribution is 0.317. The van der Waals surface area contributed by atoms with Crippen molar-refractivity contribution < 1.29 is 4.74 Å². The lowest BCUT2D eigenvalue weighted by Gasteiger charge is -2.29. The first-order chi connectivity index (χ1) is 8.32. The maximum Gasteiger partial charge on any atom is 0.171 e. The van der Waals surface area contributed by atoms with Gasteiger partial charge in [-0.1, -0.05) is 26.8 Å². The zero-order valence-corrected chi connectivity index (χ0v) is 12.5. The predicted molar refractivity (Wildman–Crippen MR) is 81.3 cm³/mol. The molecule has 1 rings (SSSR count). The van der Waals surface area contributed by atoms with Crippen LogP contribution >= 0.6 is 12.2 Å². The van der Waals surface area contributed by atoms with Crippen molar-refractivity contribution in [2.45, 2.75) is 33.7 Å². The second-order valence-electron chi connectivity index (χ2n) is 5.42. The molecule has 0 aliphatic carbocycles. The van der Waals surface area contributed by atoms with E-state index >= 15 is 0 Å². The molecule has 3 nitrogen and oxygen atoms in total. The van der Waals surface area contributed by atoms with Crippen LogP contribution in [0, 0.1) is 5.41 Å². The molecule has 0 aliphatic rings. The Morgan fingerprint density at radius 3 is 2.56 bits per heavy atom. The van der Waals surface area contributed by atoms with E-state index in [0.717, 1.165) is 11.4 Å². The van der Waals surface area contributed by atoms with E-state index in [1.807, 2.05) is 24.3 Å². The van der Waals surface area contributed by atoms with E-state index in [1.165, 1.54) is 0 Å². The largest absolute Gasteiger partial charge is 0.497 e. The number of hydrogen-bond acceptors (Lipinski definition) is 2. The molecule has 1 aromatic rings. The van der Waals surface area contributed by atoms with E-state index in [1.54, 1.807) is 7.11 Å². The van der Waals surface area contributed by atoms with Gasteiger partial charge in [0.2, 0.25) is 0 Å². The Hall–Kier alpha value is -1.29. The van der Waals surface area contributed by atoms with Crippen molar-refractivity contribution >= 4 is 23.0 Å². The number of benzene rings is 1. The van der Waals surface area contributed by atoms with Gasteiger partial charge in [0.15, 0.2) is 5.11 Å². The van der Waals surface area contributed by atoms with Crippen molar-refractivity contribution in [1.29, 1.82) is 0 Å². The fourth-order valence-electron chi connectivity index (χ4n) is 1.28. The zero-order valence-electron chi connectivity index (χ0n) is 11.7. The van der Waals surface area contributed by atoms with Crippen molar-refractivity contribution in [2.75, 3.05) is 12.4 Å². The summed E-state index contributed by atoms with van der Waals surface area (Å²) in [7, 11) is 1.65. The summed E-state index contributed by atoms with van der Waals surface area (Å²) in [6.07, 6.45) is 0. The SMILES string of the molecule is COc1cccc(NC(=S)NC(C)C(C)(C)C)c1. The minimum atomic E-state index is 0.167. The van der Waals surface area contributed by atoms with Crippen molar-refractivity contribution in [3.8, 4) is 5.75 Å². The minimum absolute atomic E-state index is 0.167. The van der Waals surface area contributed by atoms with Crippen LogP contribution in [0.5, 0.6) is 5.75 Å². The van der Waals surface area contributed by atoms with Crippen LogP contribution < -0.4 is 15.4 Å². The first kappa shape index (κ1) is 14.8. The molecule has 0 fully saturated rings. The van der Waals surface area contributed by atoms with Crippen LogP contribution in [0.2, 0.25) is 0 Å². The summed E-state index contributed by atoms with van der Waals surface area (Å²) in [6.45, 7) is 8.66. The summed E-state index contributed by atoms with van der Waals surface area (Å²) >= 11 is 5.30. The third-order valence-electron chi connectivity index (χ3n) is 2.97. The third-order valence-corrected chi connectivity index (χ3v) is 3.19. The molecule has 0 saturated heterocycles. The standard InChI is InChI=1S/C14H22N2OS/c1-10(14(2,3)4)15-13(18)16-11-7-6-8-12(9-11)17-5/h6-10H,1-5H3,(H2,15,16,18).